The summed E-state index contributed by atoms with van der Waals surface area (Å²) >= 11 is 0. The van der Waals surface area contributed by atoms with Gasteiger partial charge in [0.25, 0.3) is 5.56 Å². The van der Waals surface area contributed by atoms with Gasteiger partial charge in [0.05, 0.1) is 31.7 Å². The number of nitrogens with zero attached hydrogens (tertiary/aromatic N) is 3. The van der Waals surface area contributed by atoms with Gasteiger partial charge in [0.2, 0.25) is 5.95 Å². The standard InChI is InChI=1S/C23H43N5O5Si2/c1-22(2,3)34(7,8)31-12-15-14(11-29)17(33-35(9,10)23(4,5)6)20(32-15)28-13-25-16-18(28)26-21(24)27-19(16)30/h13-15,17,20,29H,11-12H2,1-10H3,(H3,24,26,27,30)/t14-,15-,17?,20-/m1/s1. The molecule has 1 fully saturated rings. The van der Waals surface area contributed by atoms with Crippen LogP contribution in [0.3, 0.4) is 0 Å². The van der Waals surface area contributed by atoms with E-state index in [-0.39, 0.29) is 34.1 Å². The fraction of sp³-hybridized carbons (Fsp3) is 0.783. The predicted octanol–water partition coefficient (Wildman–Crippen LogP) is 3.62. The molecule has 4 N–H and O–H groups in total. The number of aromatic nitrogens is 4. The van der Waals surface area contributed by atoms with Gasteiger partial charge >= 0.3 is 0 Å². The lowest BCUT2D eigenvalue weighted by atomic mass is 9.99. The molecule has 2 aromatic heterocycles. The Bertz CT molecular complexity index is 1100. The fourth-order valence-corrected chi connectivity index (χ4v) is 6.03. The van der Waals surface area contributed by atoms with E-state index in [1.165, 1.54) is 6.33 Å². The van der Waals surface area contributed by atoms with E-state index in [9.17, 15) is 9.90 Å². The van der Waals surface area contributed by atoms with Crippen molar-refractivity contribution in [3.05, 3.63) is 16.7 Å². The first kappa shape index (κ1) is 28.0. The fourth-order valence-electron chi connectivity index (χ4n) is 3.69. The third-order valence-electron chi connectivity index (χ3n) is 8.08. The summed E-state index contributed by atoms with van der Waals surface area (Å²) in [6, 6.07) is 0. The van der Waals surface area contributed by atoms with Crippen molar-refractivity contribution in [2.24, 2.45) is 5.92 Å². The van der Waals surface area contributed by atoms with Crippen molar-refractivity contribution in [2.75, 3.05) is 18.9 Å². The van der Waals surface area contributed by atoms with E-state index in [4.69, 9.17) is 19.3 Å². The molecular weight excluding hydrogens is 482 g/mol. The molecule has 2 aromatic rings. The van der Waals surface area contributed by atoms with Crippen molar-refractivity contribution >= 4 is 33.7 Å². The molecule has 0 bridgehead atoms. The van der Waals surface area contributed by atoms with Gasteiger partial charge in [-0.2, -0.15) is 4.98 Å². The summed E-state index contributed by atoms with van der Waals surface area (Å²) in [7, 11) is -4.31. The highest BCUT2D eigenvalue weighted by molar-refractivity contribution is 6.74. The lowest BCUT2D eigenvalue weighted by molar-refractivity contribution is -0.0456. The maximum Gasteiger partial charge on any atom is 0.280 e. The number of nitrogen functional groups attached to an aromatic ring is 1. The second-order valence-electron chi connectivity index (χ2n) is 12.6. The molecule has 1 aliphatic rings. The van der Waals surface area contributed by atoms with Crippen LogP contribution in [0.1, 0.15) is 47.8 Å². The number of anilines is 1. The molecule has 35 heavy (non-hydrogen) atoms. The van der Waals surface area contributed by atoms with Gasteiger partial charge in [-0.1, -0.05) is 41.5 Å². The first-order valence-electron chi connectivity index (χ1n) is 12.2. The summed E-state index contributed by atoms with van der Waals surface area (Å²) in [6.07, 6.45) is 0.0113. The van der Waals surface area contributed by atoms with Crippen molar-refractivity contribution in [1.82, 2.24) is 19.5 Å². The second kappa shape index (κ2) is 9.38. The molecule has 0 spiro atoms. The summed E-state index contributed by atoms with van der Waals surface area (Å²) in [5, 5.41) is 10.5. The molecule has 3 heterocycles. The molecule has 12 heteroatoms. The summed E-state index contributed by atoms with van der Waals surface area (Å²) in [4.78, 5) is 23.5. The maximum absolute atomic E-state index is 12.4. The number of ether oxygens (including phenoxy) is 1. The summed E-state index contributed by atoms with van der Waals surface area (Å²) in [6.45, 7) is 22.0. The summed E-state index contributed by atoms with van der Waals surface area (Å²) in [5.41, 5.74) is 5.92. The van der Waals surface area contributed by atoms with Gasteiger partial charge in [-0.05, 0) is 36.3 Å². The maximum atomic E-state index is 12.4. The van der Waals surface area contributed by atoms with Crippen LogP contribution in [0.2, 0.25) is 36.3 Å². The Hall–Kier alpha value is -1.58. The summed E-state index contributed by atoms with van der Waals surface area (Å²) in [5.74, 6) is -0.323. The van der Waals surface area contributed by atoms with Crippen LogP contribution in [-0.2, 0) is 13.6 Å². The van der Waals surface area contributed by atoms with Gasteiger partial charge in [-0.15, -0.1) is 0 Å². The Morgan fingerprint density at radius 3 is 2.29 bits per heavy atom. The van der Waals surface area contributed by atoms with Crippen LogP contribution < -0.4 is 11.3 Å². The minimum atomic E-state index is -2.26. The SMILES string of the molecule is CC(C)(C)[Si](C)(C)OC[C@H]1O[C@@H](n2cnc3c(=O)[nH]c(N)nc32)C(O[Si](C)(C)C(C)(C)C)[C@@H]1CO. The monoisotopic (exact) mass is 525 g/mol. The highest BCUT2D eigenvalue weighted by atomic mass is 28.4. The number of fused-ring (bicyclic) bond motifs is 1. The minimum absolute atomic E-state index is 0.000583. The van der Waals surface area contributed by atoms with E-state index in [1.807, 2.05) is 0 Å². The molecule has 1 saturated heterocycles. The number of nitrogens with two attached hydrogens (primary N) is 1. The van der Waals surface area contributed by atoms with Gasteiger partial charge in [-0.3, -0.25) is 14.3 Å². The molecular formula is C23H43N5O5Si2. The molecule has 0 aliphatic carbocycles. The van der Waals surface area contributed by atoms with Crippen molar-refractivity contribution in [1.29, 1.82) is 0 Å². The first-order chi connectivity index (χ1) is 15.9. The number of aliphatic hydroxyl groups excluding tert-OH is 1. The third-order valence-corrected chi connectivity index (χ3v) is 17.1. The van der Waals surface area contributed by atoms with Gasteiger partial charge in [0, 0.05) is 5.92 Å². The van der Waals surface area contributed by atoms with Crippen LogP contribution in [0, 0.1) is 5.92 Å². The summed E-state index contributed by atoms with van der Waals surface area (Å²) < 4.78 is 21.6. The molecule has 10 nitrogen and oxygen atoms in total. The predicted molar refractivity (Wildman–Crippen MR) is 142 cm³/mol. The van der Waals surface area contributed by atoms with Crippen LogP contribution in [0.5, 0.6) is 0 Å². The Balaban J connectivity index is 2.04. The van der Waals surface area contributed by atoms with Crippen molar-refractivity contribution in [3.63, 3.8) is 0 Å². The molecule has 1 aliphatic heterocycles. The van der Waals surface area contributed by atoms with Crippen LogP contribution in [-0.4, -0.2) is 66.7 Å². The number of aromatic amines is 1. The third kappa shape index (κ3) is 5.42. The van der Waals surface area contributed by atoms with Crippen LogP contribution in [0.4, 0.5) is 5.95 Å². The lowest BCUT2D eigenvalue weighted by Crippen LogP contribution is -2.48. The molecule has 4 atom stereocenters. The van der Waals surface area contributed by atoms with E-state index in [1.54, 1.807) is 4.57 Å². The van der Waals surface area contributed by atoms with Crippen LogP contribution >= 0.6 is 0 Å². The van der Waals surface area contributed by atoms with Gasteiger partial charge in [-0.25, -0.2) is 4.98 Å². The highest BCUT2D eigenvalue weighted by Crippen LogP contribution is 2.45. The molecule has 0 aromatic carbocycles. The van der Waals surface area contributed by atoms with Crippen LogP contribution in [0.25, 0.3) is 11.2 Å². The Kier molecular flexibility index (Phi) is 7.50. The first-order valence-corrected chi connectivity index (χ1v) is 18.0. The number of nitrogens with one attached hydrogen (secondary N) is 1. The average molecular weight is 526 g/mol. The largest absolute Gasteiger partial charge is 0.414 e. The van der Waals surface area contributed by atoms with Gasteiger partial charge in [0.15, 0.2) is 34.0 Å². The Morgan fingerprint density at radius 1 is 1.14 bits per heavy atom. The minimum Gasteiger partial charge on any atom is -0.414 e. The van der Waals surface area contributed by atoms with E-state index >= 15 is 0 Å². The molecule has 0 radical (unpaired) electrons. The van der Waals surface area contributed by atoms with E-state index in [0.29, 0.717) is 12.3 Å². The zero-order chi connectivity index (χ0) is 26.6. The molecule has 0 saturated carbocycles. The number of rotatable bonds is 7. The van der Waals surface area contributed by atoms with E-state index in [0.717, 1.165) is 0 Å². The van der Waals surface area contributed by atoms with Crippen molar-refractivity contribution in [3.8, 4) is 0 Å². The number of hydrogen-bond donors (Lipinski definition) is 3. The highest BCUT2D eigenvalue weighted by Gasteiger charge is 2.51. The van der Waals surface area contributed by atoms with Gasteiger partial charge < -0.3 is 24.4 Å². The quantitative estimate of drug-likeness (QED) is 0.466. The normalized spacial score (nSPS) is 24.4. The zero-order valence-corrected chi connectivity index (χ0v) is 24.8. The Labute approximate surface area is 209 Å². The zero-order valence-electron chi connectivity index (χ0n) is 22.8. The second-order valence-corrected chi connectivity index (χ2v) is 22.2. The topological polar surface area (TPSA) is 138 Å². The molecule has 3 rings (SSSR count). The van der Waals surface area contributed by atoms with E-state index < -0.39 is 40.6 Å². The van der Waals surface area contributed by atoms with Crippen LogP contribution in [0.15, 0.2) is 11.1 Å². The Morgan fingerprint density at radius 2 is 1.74 bits per heavy atom. The smallest absolute Gasteiger partial charge is 0.280 e. The molecule has 198 valence electrons. The number of aliphatic hydroxyl groups is 1. The number of imidazole rings is 1. The van der Waals surface area contributed by atoms with Gasteiger partial charge in [0.1, 0.15) is 0 Å². The average Bonchev–Trinajstić information content (AvgIpc) is 3.25. The lowest BCUT2D eigenvalue weighted by Gasteiger charge is -2.40. The molecule has 0 amide bonds. The number of H-pyrrole nitrogens is 1. The van der Waals surface area contributed by atoms with E-state index in [2.05, 4.69) is 82.7 Å². The van der Waals surface area contributed by atoms with Crippen molar-refractivity contribution in [2.45, 2.75) is 96.2 Å². The van der Waals surface area contributed by atoms with Crippen molar-refractivity contribution < 1.29 is 18.7 Å². The number of hydrogen-bond acceptors (Lipinski definition) is 8. The molecule has 1 unspecified atom stereocenters.